The van der Waals surface area contributed by atoms with Gasteiger partial charge in [-0.05, 0) is 25.5 Å². The number of amides is 1. The van der Waals surface area contributed by atoms with E-state index in [9.17, 15) is 4.79 Å². The number of aryl methyl sites for hydroxylation is 2. The molecule has 0 saturated carbocycles. The standard InChI is InChI=1S/C13H15N3OS2/c1-8-4-3-5-10(14)12(8)16-11(17)7-19-13-15-9(2)6-18-13/h3-6H,7,14H2,1-2H3,(H,16,17). The van der Waals surface area contributed by atoms with Crippen LogP contribution in [0.3, 0.4) is 0 Å². The number of aromatic nitrogens is 1. The summed E-state index contributed by atoms with van der Waals surface area (Å²) in [6.07, 6.45) is 0. The molecule has 0 aliphatic heterocycles. The number of hydrogen-bond acceptors (Lipinski definition) is 5. The Morgan fingerprint density at radius 1 is 1.47 bits per heavy atom. The van der Waals surface area contributed by atoms with Crippen LogP contribution in [0, 0.1) is 13.8 Å². The Kier molecular flexibility index (Phi) is 4.44. The van der Waals surface area contributed by atoms with E-state index in [-0.39, 0.29) is 5.91 Å². The molecular weight excluding hydrogens is 278 g/mol. The fourth-order valence-corrected chi connectivity index (χ4v) is 3.21. The number of thioether (sulfide) groups is 1. The molecule has 0 aliphatic rings. The lowest BCUT2D eigenvalue weighted by Gasteiger charge is -2.10. The lowest BCUT2D eigenvalue weighted by molar-refractivity contribution is -0.113. The topological polar surface area (TPSA) is 68.0 Å². The smallest absolute Gasteiger partial charge is 0.234 e. The number of thiazole rings is 1. The summed E-state index contributed by atoms with van der Waals surface area (Å²) in [7, 11) is 0. The number of nitrogens with one attached hydrogen (secondary N) is 1. The van der Waals surface area contributed by atoms with E-state index in [1.165, 1.54) is 11.8 Å². The monoisotopic (exact) mass is 293 g/mol. The van der Waals surface area contributed by atoms with Crippen LogP contribution >= 0.6 is 23.1 Å². The molecule has 100 valence electrons. The zero-order valence-corrected chi connectivity index (χ0v) is 12.4. The molecule has 4 nitrogen and oxygen atoms in total. The zero-order chi connectivity index (χ0) is 13.8. The first-order chi connectivity index (χ1) is 9.06. The summed E-state index contributed by atoms with van der Waals surface area (Å²) in [5.74, 6) is 0.264. The average Bonchev–Trinajstić information content (AvgIpc) is 2.77. The highest BCUT2D eigenvalue weighted by Crippen LogP contribution is 2.25. The third-order valence-corrected chi connectivity index (χ3v) is 4.63. The second-order valence-electron chi connectivity index (χ2n) is 4.13. The fraction of sp³-hybridized carbons (Fsp3) is 0.231. The molecule has 2 aromatic rings. The molecule has 1 amide bonds. The number of benzene rings is 1. The number of rotatable bonds is 4. The van der Waals surface area contributed by atoms with Crippen LogP contribution in [0.4, 0.5) is 11.4 Å². The fourth-order valence-electron chi connectivity index (χ4n) is 1.56. The molecule has 19 heavy (non-hydrogen) atoms. The second-order valence-corrected chi connectivity index (χ2v) is 6.21. The van der Waals surface area contributed by atoms with Gasteiger partial charge < -0.3 is 11.1 Å². The Morgan fingerprint density at radius 2 is 2.26 bits per heavy atom. The molecule has 1 aromatic carbocycles. The summed E-state index contributed by atoms with van der Waals surface area (Å²) in [5.41, 5.74) is 9.08. The molecule has 0 saturated heterocycles. The average molecular weight is 293 g/mol. The van der Waals surface area contributed by atoms with Gasteiger partial charge in [0.05, 0.1) is 17.1 Å². The number of nitrogens with two attached hydrogens (primary N) is 1. The van der Waals surface area contributed by atoms with Gasteiger partial charge in [-0.25, -0.2) is 4.98 Å². The van der Waals surface area contributed by atoms with E-state index in [1.807, 2.05) is 31.4 Å². The maximum absolute atomic E-state index is 11.9. The Balaban J connectivity index is 1.94. The van der Waals surface area contributed by atoms with Gasteiger partial charge >= 0.3 is 0 Å². The summed E-state index contributed by atoms with van der Waals surface area (Å²) in [6.45, 7) is 3.86. The van der Waals surface area contributed by atoms with Gasteiger partial charge in [0, 0.05) is 11.1 Å². The van der Waals surface area contributed by atoms with E-state index in [0.29, 0.717) is 17.1 Å². The molecule has 1 aromatic heterocycles. The molecule has 6 heteroatoms. The van der Waals surface area contributed by atoms with Crippen molar-refractivity contribution in [1.29, 1.82) is 0 Å². The van der Waals surface area contributed by atoms with Crippen LogP contribution < -0.4 is 11.1 Å². The molecule has 1 heterocycles. The van der Waals surface area contributed by atoms with Crippen molar-refractivity contribution in [2.24, 2.45) is 0 Å². The number of nitrogens with zero attached hydrogens (tertiary/aromatic N) is 1. The molecule has 0 atom stereocenters. The third-order valence-electron chi connectivity index (χ3n) is 2.49. The Hall–Kier alpha value is -1.53. The van der Waals surface area contributed by atoms with Gasteiger partial charge in [0.1, 0.15) is 0 Å². The highest BCUT2D eigenvalue weighted by molar-refractivity contribution is 8.01. The highest BCUT2D eigenvalue weighted by atomic mass is 32.2. The van der Waals surface area contributed by atoms with Crippen LogP contribution in [0.25, 0.3) is 0 Å². The largest absolute Gasteiger partial charge is 0.397 e. The van der Waals surface area contributed by atoms with Crippen LogP contribution in [0.15, 0.2) is 27.9 Å². The lowest BCUT2D eigenvalue weighted by atomic mass is 10.1. The molecule has 0 spiro atoms. The predicted molar refractivity (Wildman–Crippen MR) is 81.8 cm³/mol. The summed E-state index contributed by atoms with van der Waals surface area (Å²) in [6, 6.07) is 5.57. The number of carbonyl (C=O) groups excluding carboxylic acids is 1. The van der Waals surface area contributed by atoms with E-state index >= 15 is 0 Å². The SMILES string of the molecule is Cc1csc(SCC(=O)Nc2c(C)cccc2N)n1. The minimum atomic E-state index is -0.0705. The number of hydrogen-bond donors (Lipinski definition) is 2. The molecule has 3 N–H and O–H groups in total. The summed E-state index contributed by atoms with van der Waals surface area (Å²) < 4.78 is 0.908. The summed E-state index contributed by atoms with van der Waals surface area (Å²) in [4.78, 5) is 16.2. The van der Waals surface area contributed by atoms with Gasteiger partial charge in [-0.15, -0.1) is 11.3 Å². The van der Waals surface area contributed by atoms with Crippen molar-refractivity contribution in [1.82, 2.24) is 4.98 Å². The minimum absolute atomic E-state index is 0.0705. The van der Waals surface area contributed by atoms with E-state index < -0.39 is 0 Å². The van der Waals surface area contributed by atoms with E-state index in [4.69, 9.17) is 5.73 Å². The normalized spacial score (nSPS) is 10.4. The molecule has 0 aliphatic carbocycles. The molecular formula is C13H15N3OS2. The predicted octanol–water partition coefficient (Wildman–Crippen LogP) is 3.07. The third kappa shape index (κ3) is 3.71. The number of nitrogen functional groups attached to an aromatic ring is 1. The summed E-state index contributed by atoms with van der Waals surface area (Å²) >= 11 is 2.99. The van der Waals surface area contributed by atoms with E-state index in [1.54, 1.807) is 17.4 Å². The maximum Gasteiger partial charge on any atom is 0.234 e. The first-order valence-electron chi connectivity index (χ1n) is 5.76. The van der Waals surface area contributed by atoms with E-state index in [2.05, 4.69) is 10.3 Å². The second kappa shape index (κ2) is 6.08. The van der Waals surface area contributed by atoms with Gasteiger partial charge in [0.2, 0.25) is 5.91 Å². The van der Waals surface area contributed by atoms with Crippen molar-refractivity contribution < 1.29 is 4.79 Å². The molecule has 0 unspecified atom stereocenters. The van der Waals surface area contributed by atoms with Crippen LogP contribution in [0.2, 0.25) is 0 Å². The van der Waals surface area contributed by atoms with Crippen molar-refractivity contribution in [2.45, 2.75) is 18.2 Å². The first kappa shape index (κ1) is 13.9. The molecule has 0 radical (unpaired) electrons. The molecule has 2 rings (SSSR count). The number of carbonyl (C=O) groups is 1. The number of anilines is 2. The Bertz CT molecular complexity index is 575. The lowest BCUT2D eigenvalue weighted by Crippen LogP contribution is -2.16. The van der Waals surface area contributed by atoms with Crippen LogP contribution in [-0.2, 0) is 4.79 Å². The quantitative estimate of drug-likeness (QED) is 0.671. The molecule has 0 bridgehead atoms. The van der Waals surface area contributed by atoms with Crippen molar-refractivity contribution in [3.63, 3.8) is 0 Å². The first-order valence-corrected chi connectivity index (χ1v) is 7.62. The van der Waals surface area contributed by atoms with Gasteiger partial charge in [0.25, 0.3) is 0 Å². The van der Waals surface area contributed by atoms with Gasteiger partial charge in [-0.1, -0.05) is 23.9 Å². The van der Waals surface area contributed by atoms with Gasteiger partial charge in [0.15, 0.2) is 4.34 Å². The van der Waals surface area contributed by atoms with Crippen molar-refractivity contribution >= 4 is 40.4 Å². The van der Waals surface area contributed by atoms with Crippen molar-refractivity contribution in [2.75, 3.05) is 16.8 Å². The van der Waals surface area contributed by atoms with Crippen LogP contribution in [0.1, 0.15) is 11.3 Å². The van der Waals surface area contributed by atoms with Gasteiger partial charge in [-0.2, -0.15) is 0 Å². The molecule has 0 fully saturated rings. The highest BCUT2D eigenvalue weighted by Gasteiger charge is 2.09. The Labute approximate surface area is 120 Å². The summed E-state index contributed by atoms with van der Waals surface area (Å²) in [5, 5.41) is 4.82. The van der Waals surface area contributed by atoms with Crippen LogP contribution in [0.5, 0.6) is 0 Å². The van der Waals surface area contributed by atoms with Gasteiger partial charge in [-0.3, -0.25) is 4.79 Å². The minimum Gasteiger partial charge on any atom is -0.397 e. The zero-order valence-electron chi connectivity index (χ0n) is 10.8. The Morgan fingerprint density at radius 3 is 2.89 bits per heavy atom. The number of para-hydroxylation sites is 1. The maximum atomic E-state index is 11.9. The van der Waals surface area contributed by atoms with Crippen molar-refractivity contribution in [3.8, 4) is 0 Å². The van der Waals surface area contributed by atoms with Crippen LogP contribution in [-0.4, -0.2) is 16.6 Å². The van der Waals surface area contributed by atoms with Crippen molar-refractivity contribution in [3.05, 3.63) is 34.8 Å². The van der Waals surface area contributed by atoms with E-state index in [0.717, 1.165) is 15.6 Å².